The van der Waals surface area contributed by atoms with E-state index in [1.165, 1.54) is 12.1 Å². The number of nitrogens with zero attached hydrogens (tertiary/aromatic N) is 2. The second-order valence-electron chi connectivity index (χ2n) is 7.76. The molecule has 1 aromatic rings. The summed E-state index contributed by atoms with van der Waals surface area (Å²) in [5.74, 6) is -0.460. The third-order valence-electron chi connectivity index (χ3n) is 6.12. The zero-order valence-corrected chi connectivity index (χ0v) is 15.5. The van der Waals surface area contributed by atoms with Crippen LogP contribution < -0.4 is 5.32 Å². The molecule has 1 aliphatic carbocycles. The normalized spacial score (nSPS) is 28.0. The van der Waals surface area contributed by atoms with Crippen LogP contribution in [0.25, 0.3) is 0 Å². The van der Waals surface area contributed by atoms with Crippen molar-refractivity contribution in [1.82, 2.24) is 4.90 Å². The molecule has 0 radical (unpaired) electrons. The molecule has 2 aliphatic rings. The molecule has 7 heteroatoms. The standard InChI is InChI=1S/C19H28FN3O3/c1-19(9-5-16(26-2)6-10-19)22-11-7-15(8-12-22)21-17-13-14(20)3-4-18(17)23(24)25/h3-4,13,15-16,21H,5-12H2,1-2H3/t16-,19-. The maximum Gasteiger partial charge on any atom is 0.292 e. The predicted molar refractivity (Wildman–Crippen MR) is 98.9 cm³/mol. The van der Waals surface area contributed by atoms with E-state index in [9.17, 15) is 14.5 Å². The minimum atomic E-state index is -0.466. The fourth-order valence-corrected chi connectivity index (χ4v) is 4.33. The molecule has 0 spiro atoms. The summed E-state index contributed by atoms with van der Waals surface area (Å²) in [5, 5.41) is 14.3. The van der Waals surface area contributed by atoms with E-state index in [0.29, 0.717) is 6.10 Å². The number of hydrogen-bond acceptors (Lipinski definition) is 5. The van der Waals surface area contributed by atoms with Gasteiger partial charge in [-0.25, -0.2) is 4.39 Å². The van der Waals surface area contributed by atoms with Crippen molar-refractivity contribution in [2.45, 2.75) is 63.1 Å². The number of methoxy groups -OCH3 is 1. The summed E-state index contributed by atoms with van der Waals surface area (Å²) < 4.78 is 19.0. The Morgan fingerprint density at radius 1 is 1.27 bits per heavy atom. The molecule has 1 aliphatic heterocycles. The van der Waals surface area contributed by atoms with Crippen LogP contribution in [0.3, 0.4) is 0 Å². The summed E-state index contributed by atoms with van der Waals surface area (Å²) in [7, 11) is 1.79. The zero-order chi connectivity index (χ0) is 18.7. The minimum Gasteiger partial charge on any atom is -0.381 e. The predicted octanol–water partition coefficient (Wildman–Crippen LogP) is 3.96. The van der Waals surface area contributed by atoms with Crippen molar-refractivity contribution < 1.29 is 14.1 Å². The summed E-state index contributed by atoms with van der Waals surface area (Å²) in [6.45, 7) is 4.24. The number of nitro benzene ring substituents is 1. The van der Waals surface area contributed by atoms with Gasteiger partial charge in [0.1, 0.15) is 11.5 Å². The fourth-order valence-electron chi connectivity index (χ4n) is 4.33. The Kier molecular flexibility index (Phi) is 5.77. The van der Waals surface area contributed by atoms with E-state index in [2.05, 4.69) is 17.1 Å². The SMILES string of the molecule is CO[C@H]1CC[C@](C)(N2CCC(Nc3cc(F)ccc3[N+](=O)[O-])CC2)CC1. The van der Waals surface area contributed by atoms with Gasteiger partial charge >= 0.3 is 0 Å². The first kappa shape index (κ1) is 19.0. The monoisotopic (exact) mass is 365 g/mol. The van der Waals surface area contributed by atoms with Crippen LogP contribution in [-0.2, 0) is 4.74 Å². The van der Waals surface area contributed by atoms with Crippen molar-refractivity contribution >= 4 is 11.4 Å². The quantitative estimate of drug-likeness (QED) is 0.632. The summed E-state index contributed by atoms with van der Waals surface area (Å²) in [5.41, 5.74) is 0.421. The highest BCUT2D eigenvalue weighted by molar-refractivity contribution is 5.61. The molecule has 0 amide bonds. The summed E-state index contributed by atoms with van der Waals surface area (Å²) in [6, 6.07) is 3.70. The summed E-state index contributed by atoms with van der Waals surface area (Å²) in [4.78, 5) is 13.2. The average molecular weight is 365 g/mol. The van der Waals surface area contributed by atoms with Gasteiger partial charge in [-0.1, -0.05) is 0 Å². The van der Waals surface area contributed by atoms with E-state index in [4.69, 9.17) is 4.74 Å². The molecule has 6 nitrogen and oxygen atoms in total. The number of rotatable bonds is 5. The molecule has 1 aromatic carbocycles. The topological polar surface area (TPSA) is 67.6 Å². The molecule has 1 N–H and O–H groups in total. The molecule has 144 valence electrons. The molecule has 1 saturated heterocycles. The summed E-state index contributed by atoms with van der Waals surface area (Å²) in [6.07, 6.45) is 6.66. The number of halogens is 1. The Morgan fingerprint density at radius 2 is 1.92 bits per heavy atom. The number of likely N-dealkylation sites (tertiary alicyclic amines) is 1. The second kappa shape index (κ2) is 7.88. The van der Waals surface area contributed by atoms with Crippen molar-refractivity contribution in [3.8, 4) is 0 Å². The van der Waals surface area contributed by atoms with Gasteiger partial charge < -0.3 is 10.1 Å². The van der Waals surface area contributed by atoms with E-state index < -0.39 is 10.7 Å². The van der Waals surface area contributed by atoms with E-state index in [1.807, 2.05) is 0 Å². The Bertz CT molecular complexity index is 639. The maximum absolute atomic E-state index is 13.5. The van der Waals surface area contributed by atoms with Gasteiger partial charge in [0.05, 0.1) is 11.0 Å². The molecule has 1 heterocycles. The van der Waals surface area contributed by atoms with Crippen LogP contribution in [0.5, 0.6) is 0 Å². The maximum atomic E-state index is 13.5. The van der Waals surface area contributed by atoms with Crippen LogP contribution in [0.4, 0.5) is 15.8 Å². The molecular formula is C19H28FN3O3. The van der Waals surface area contributed by atoms with Gasteiger partial charge in [-0.15, -0.1) is 0 Å². The van der Waals surface area contributed by atoms with Crippen LogP contribution >= 0.6 is 0 Å². The molecular weight excluding hydrogens is 337 g/mol. The van der Waals surface area contributed by atoms with E-state index in [0.717, 1.165) is 57.7 Å². The molecule has 2 fully saturated rings. The van der Waals surface area contributed by atoms with E-state index in [-0.39, 0.29) is 23.0 Å². The lowest BCUT2D eigenvalue weighted by Crippen LogP contribution is -2.53. The van der Waals surface area contributed by atoms with Gasteiger partial charge in [-0.05, 0) is 51.5 Å². The van der Waals surface area contributed by atoms with Crippen molar-refractivity contribution in [3.63, 3.8) is 0 Å². The number of nitro groups is 1. The Hall–Kier alpha value is -1.73. The van der Waals surface area contributed by atoms with Crippen LogP contribution in [0.2, 0.25) is 0 Å². The first-order chi connectivity index (χ1) is 12.4. The van der Waals surface area contributed by atoms with Crippen LogP contribution in [0.15, 0.2) is 18.2 Å². The van der Waals surface area contributed by atoms with Gasteiger partial charge in [0.2, 0.25) is 0 Å². The number of hydrogen-bond donors (Lipinski definition) is 1. The number of nitrogens with one attached hydrogen (secondary N) is 1. The lowest BCUT2D eigenvalue weighted by atomic mass is 9.79. The lowest BCUT2D eigenvalue weighted by molar-refractivity contribution is -0.384. The molecule has 0 atom stereocenters. The van der Waals surface area contributed by atoms with E-state index >= 15 is 0 Å². The number of benzene rings is 1. The summed E-state index contributed by atoms with van der Waals surface area (Å²) >= 11 is 0. The van der Waals surface area contributed by atoms with Crippen LogP contribution in [0, 0.1) is 15.9 Å². The van der Waals surface area contributed by atoms with Gasteiger partial charge in [0.25, 0.3) is 5.69 Å². The first-order valence-electron chi connectivity index (χ1n) is 9.39. The van der Waals surface area contributed by atoms with Crippen LogP contribution in [0.1, 0.15) is 45.4 Å². The Morgan fingerprint density at radius 3 is 2.50 bits per heavy atom. The van der Waals surface area contributed by atoms with Crippen LogP contribution in [-0.4, -0.2) is 47.7 Å². The molecule has 3 rings (SSSR count). The molecule has 26 heavy (non-hydrogen) atoms. The third-order valence-corrected chi connectivity index (χ3v) is 6.12. The molecule has 1 saturated carbocycles. The smallest absolute Gasteiger partial charge is 0.292 e. The minimum absolute atomic E-state index is 0.0707. The fraction of sp³-hybridized carbons (Fsp3) is 0.684. The number of anilines is 1. The lowest BCUT2D eigenvalue weighted by Gasteiger charge is -2.48. The molecule has 0 unspecified atom stereocenters. The van der Waals surface area contributed by atoms with Crippen molar-refractivity contribution in [2.24, 2.45) is 0 Å². The largest absolute Gasteiger partial charge is 0.381 e. The highest BCUT2D eigenvalue weighted by Crippen LogP contribution is 2.36. The van der Waals surface area contributed by atoms with Gasteiger partial charge in [0, 0.05) is 43.9 Å². The number of ether oxygens (including phenoxy) is 1. The van der Waals surface area contributed by atoms with Gasteiger partial charge in [-0.2, -0.15) is 0 Å². The van der Waals surface area contributed by atoms with Gasteiger partial charge in [-0.3, -0.25) is 15.0 Å². The molecule has 0 aromatic heterocycles. The third kappa shape index (κ3) is 4.15. The van der Waals surface area contributed by atoms with Crippen molar-refractivity contribution in [1.29, 1.82) is 0 Å². The van der Waals surface area contributed by atoms with Crippen molar-refractivity contribution in [2.75, 3.05) is 25.5 Å². The average Bonchev–Trinajstić information content (AvgIpc) is 2.63. The van der Waals surface area contributed by atoms with E-state index in [1.54, 1.807) is 7.11 Å². The Labute approximate surface area is 153 Å². The highest BCUT2D eigenvalue weighted by Gasteiger charge is 2.38. The van der Waals surface area contributed by atoms with Crippen molar-refractivity contribution in [3.05, 3.63) is 34.1 Å². The first-order valence-corrected chi connectivity index (χ1v) is 9.39. The molecule has 0 bridgehead atoms. The Balaban J connectivity index is 1.58. The second-order valence-corrected chi connectivity index (χ2v) is 7.76. The zero-order valence-electron chi connectivity index (χ0n) is 15.5. The highest BCUT2D eigenvalue weighted by atomic mass is 19.1. The van der Waals surface area contributed by atoms with Gasteiger partial charge in [0.15, 0.2) is 0 Å². The number of piperidine rings is 1.